The minimum atomic E-state index is -0.155. The van der Waals surface area contributed by atoms with E-state index in [1.54, 1.807) is 13.3 Å². The Morgan fingerprint density at radius 3 is 2.55 bits per heavy atom. The fourth-order valence-corrected chi connectivity index (χ4v) is 2.76. The molecule has 0 aromatic carbocycles. The summed E-state index contributed by atoms with van der Waals surface area (Å²) in [6.07, 6.45) is 9.67. The van der Waals surface area contributed by atoms with Gasteiger partial charge in [0, 0.05) is 44.1 Å². The summed E-state index contributed by atoms with van der Waals surface area (Å²) in [7, 11) is 3.63. The lowest BCUT2D eigenvalue weighted by atomic mass is 9.75. The minimum Gasteiger partial charge on any atom is -0.388 e. The molecular formula is C18H26FN3. The molecule has 22 heavy (non-hydrogen) atoms. The molecule has 1 aliphatic carbocycles. The third kappa shape index (κ3) is 3.81. The number of allylic oxidation sites excluding steroid dienone is 7. The van der Waals surface area contributed by atoms with Gasteiger partial charge >= 0.3 is 0 Å². The molecule has 0 aromatic heterocycles. The molecule has 0 radical (unpaired) electrons. The molecule has 1 N–H and O–H groups in total. The Morgan fingerprint density at radius 1 is 1.32 bits per heavy atom. The van der Waals surface area contributed by atoms with Crippen molar-refractivity contribution in [2.45, 2.75) is 34.1 Å². The number of rotatable bonds is 5. The van der Waals surface area contributed by atoms with Crippen molar-refractivity contribution in [2.24, 2.45) is 15.6 Å². The first-order valence-electron chi connectivity index (χ1n) is 7.43. The van der Waals surface area contributed by atoms with E-state index in [0.29, 0.717) is 6.42 Å². The maximum absolute atomic E-state index is 12.3. The highest BCUT2D eigenvalue weighted by atomic mass is 19.2. The van der Waals surface area contributed by atoms with Crippen LogP contribution in [0.4, 0.5) is 4.48 Å². The second-order valence-electron chi connectivity index (χ2n) is 5.90. The first kappa shape index (κ1) is 18.1. The van der Waals surface area contributed by atoms with Crippen LogP contribution in [0.5, 0.6) is 0 Å². The van der Waals surface area contributed by atoms with Crippen LogP contribution < -0.4 is 5.32 Å². The van der Waals surface area contributed by atoms with E-state index in [1.807, 2.05) is 13.1 Å². The Balaban J connectivity index is 3.64. The molecule has 120 valence electrons. The highest BCUT2D eigenvalue weighted by Gasteiger charge is 2.30. The lowest BCUT2D eigenvalue weighted by Crippen LogP contribution is -2.19. The van der Waals surface area contributed by atoms with Gasteiger partial charge in [0.25, 0.3) is 0 Å². The van der Waals surface area contributed by atoms with Gasteiger partial charge in [-0.15, -0.1) is 0 Å². The quantitative estimate of drug-likeness (QED) is 0.753. The topological polar surface area (TPSA) is 36.8 Å². The van der Waals surface area contributed by atoms with Crippen LogP contribution in [0.25, 0.3) is 0 Å². The van der Waals surface area contributed by atoms with Crippen LogP contribution in [0, 0.1) is 5.41 Å². The highest BCUT2D eigenvalue weighted by Crippen LogP contribution is 2.42. The molecule has 0 aliphatic heterocycles. The SMILES string of the molecule is C/N=C/C=C\C1=C(C/C=N/F)C(NC)=C(C)C=C(C)C1(C)C. The molecule has 0 aromatic rings. The Labute approximate surface area is 133 Å². The van der Waals surface area contributed by atoms with Gasteiger partial charge in [0.2, 0.25) is 0 Å². The fourth-order valence-electron chi connectivity index (χ4n) is 2.76. The Bertz CT molecular complexity index is 587. The molecule has 0 saturated carbocycles. The lowest BCUT2D eigenvalue weighted by Gasteiger charge is -2.29. The predicted octanol–water partition coefficient (Wildman–Crippen LogP) is 4.36. The standard InChI is InChI=1S/C18H26FN3/c1-13-12-14(2)18(3,4)16(8-7-10-20-5)15(9-11-22-19)17(13)21-6/h7-8,10-12,21H,9H2,1-6H3/b8-7-,20-10+,22-11+. The first-order chi connectivity index (χ1) is 10.4. The van der Waals surface area contributed by atoms with Gasteiger partial charge < -0.3 is 5.32 Å². The van der Waals surface area contributed by atoms with E-state index >= 15 is 0 Å². The number of likely N-dealkylation sites (N-methyl/N-ethyl adjacent to an activating group) is 1. The van der Waals surface area contributed by atoms with Crippen LogP contribution >= 0.6 is 0 Å². The summed E-state index contributed by atoms with van der Waals surface area (Å²) < 4.78 is 12.3. The summed E-state index contributed by atoms with van der Waals surface area (Å²) in [6.45, 7) is 8.56. The van der Waals surface area contributed by atoms with Crippen molar-refractivity contribution in [2.75, 3.05) is 14.1 Å². The van der Waals surface area contributed by atoms with Gasteiger partial charge in [-0.05, 0) is 36.6 Å². The van der Waals surface area contributed by atoms with Gasteiger partial charge in [0.1, 0.15) is 0 Å². The van der Waals surface area contributed by atoms with Gasteiger partial charge in [-0.1, -0.05) is 41.3 Å². The second-order valence-corrected chi connectivity index (χ2v) is 5.90. The van der Waals surface area contributed by atoms with Crippen molar-refractivity contribution in [3.8, 4) is 0 Å². The van der Waals surface area contributed by atoms with Crippen LogP contribution in [-0.4, -0.2) is 26.5 Å². The molecular weight excluding hydrogens is 277 g/mol. The third-order valence-electron chi connectivity index (χ3n) is 4.23. The number of hydrogen-bond donors (Lipinski definition) is 1. The van der Waals surface area contributed by atoms with E-state index in [1.165, 1.54) is 11.8 Å². The number of hydrogen-bond acceptors (Lipinski definition) is 3. The first-order valence-corrected chi connectivity index (χ1v) is 7.43. The number of nitrogens with zero attached hydrogens (tertiary/aromatic N) is 2. The van der Waals surface area contributed by atoms with Crippen LogP contribution in [-0.2, 0) is 0 Å². The summed E-state index contributed by atoms with van der Waals surface area (Å²) in [4.78, 5) is 3.99. The van der Waals surface area contributed by atoms with Crippen LogP contribution in [0.2, 0.25) is 0 Å². The molecule has 0 heterocycles. The van der Waals surface area contributed by atoms with Gasteiger partial charge in [0.05, 0.1) is 0 Å². The molecule has 0 amide bonds. The lowest BCUT2D eigenvalue weighted by molar-refractivity contribution is 0.537. The maximum atomic E-state index is 12.3. The van der Waals surface area contributed by atoms with Crippen molar-refractivity contribution >= 4 is 12.4 Å². The van der Waals surface area contributed by atoms with Gasteiger partial charge in [-0.2, -0.15) is 0 Å². The fraction of sp³-hybridized carbons (Fsp3) is 0.444. The largest absolute Gasteiger partial charge is 0.388 e. The van der Waals surface area contributed by atoms with E-state index in [9.17, 15) is 4.48 Å². The van der Waals surface area contributed by atoms with Crippen molar-refractivity contribution in [3.05, 3.63) is 46.2 Å². The summed E-state index contributed by atoms with van der Waals surface area (Å²) in [5.74, 6) is 0. The zero-order valence-corrected chi connectivity index (χ0v) is 14.4. The molecule has 1 aliphatic rings. The van der Waals surface area contributed by atoms with Gasteiger partial charge in [0.15, 0.2) is 0 Å². The molecule has 3 nitrogen and oxygen atoms in total. The maximum Gasteiger partial charge on any atom is 0.0418 e. The molecule has 1 rings (SSSR count). The van der Waals surface area contributed by atoms with Crippen LogP contribution in [0.1, 0.15) is 34.1 Å². The zero-order chi connectivity index (χ0) is 16.8. The van der Waals surface area contributed by atoms with Crippen molar-refractivity contribution < 1.29 is 4.48 Å². The number of nitrogens with one attached hydrogen (secondary N) is 1. The van der Waals surface area contributed by atoms with Crippen molar-refractivity contribution in [1.29, 1.82) is 0 Å². The molecule has 0 spiro atoms. The monoisotopic (exact) mass is 303 g/mol. The number of halogens is 1. The van der Waals surface area contributed by atoms with Crippen LogP contribution in [0.3, 0.4) is 0 Å². The molecule has 0 fully saturated rings. The average molecular weight is 303 g/mol. The smallest absolute Gasteiger partial charge is 0.0418 e. The highest BCUT2D eigenvalue weighted by molar-refractivity contribution is 5.73. The van der Waals surface area contributed by atoms with E-state index in [0.717, 1.165) is 22.4 Å². The Kier molecular flexibility index (Phi) is 6.47. The van der Waals surface area contributed by atoms with E-state index in [2.05, 4.69) is 55.4 Å². The van der Waals surface area contributed by atoms with E-state index in [-0.39, 0.29) is 5.41 Å². The van der Waals surface area contributed by atoms with E-state index in [4.69, 9.17) is 0 Å². The summed E-state index contributed by atoms with van der Waals surface area (Å²) >= 11 is 0. The molecule has 0 unspecified atom stereocenters. The molecule has 0 atom stereocenters. The Morgan fingerprint density at radius 2 is 2.00 bits per heavy atom. The molecule has 4 heteroatoms. The van der Waals surface area contributed by atoms with Gasteiger partial charge in [-0.25, -0.2) is 0 Å². The van der Waals surface area contributed by atoms with E-state index < -0.39 is 0 Å². The van der Waals surface area contributed by atoms with Crippen molar-refractivity contribution in [1.82, 2.24) is 5.32 Å². The number of aliphatic imine (C=N–C) groups is 1. The average Bonchev–Trinajstić information content (AvgIpc) is 2.53. The van der Waals surface area contributed by atoms with Crippen molar-refractivity contribution in [3.63, 3.8) is 0 Å². The summed E-state index contributed by atoms with van der Waals surface area (Å²) in [5, 5.41) is 5.93. The van der Waals surface area contributed by atoms with Gasteiger partial charge in [-0.3, -0.25) is 4.99 Å². The zero-order valence-electron chi connectivity index (χ0n) is 14.4. The van der Waals surface area contributed by atoms with Crippen LogP contribution in [0.15, 0.2) is 56.4 Å². The molecule has 0 saturated heterocycles. The summed E-state index contributed by atoms with van der Waals surface area (Å²) in [6, 6.07) is 0. The predicted molar refractivity (Wildman–Crippen MR) is 94.1 cm³/mol. The third-order valence-corrected chi connectivity index (χ3v) is 4.23. The molecule has 0 bridgehead atoms. The second kappa shape index (κ2) is 7.87. The normalized spacial score (nSPS) is 19.5. The summed E-state index contributed by atoms with van der Waals surface area (Å²) in [5.41, 5.74) is 5.47. The minimum absolute atomic E-state index is 0.155. The Hall–Kier alpha value is -1.97.